The minimum Gasteiger partial charge on any atom is -0.353 e. The molecule has 1 aromatic rings. The summed E-state index contributed by atoms with van der Waals surface area (Å²) in [5.74, 6) is -0.444. The fraction of sp³-hybridized carbons (Fsp3) is 0.364. The molecule has 102 valence electrons. The van der Waals surface area contributed by atoms with Gasteiger partial charge in [-0.15, -0.1) is 0 Å². The van der Waals surface area contributed by atoms with Gasteiger partial charge in [0.15, 0.2) is 5.69 Å². The molecule has 0 aliphatic carbocycles. The second kappa shape index (κ2) is 6.26. The molecule has 2 N–H and O–H groups in total. The molecule has 0 bridgehead atoms. The number of nitrogens with zero attached hydrogens (tertiary/aromatic N) is 2. The van der Waals surface area contributed by atoms with Gasteiger partial charge in [-0.3, -0.25) is 4.79 Å². The standard InChI is InChI=1S/C11H14N4O3S/c1-8(2)15-11(16)7-14-19(17,18)10-4-3-5-13-9(10)6-12/h3-5,8,14H,7H2,1-2H3,(H,15,16). The highest BCUT2D eigenvalue weighted by Gasteiger charge is 2.20. The molecular formula is C11H14N4O3S. The smallest absolute Gasteiger partial charge is 0.243 e. The van der Waals surface area contributed by atoms with Crippen molar-refractivity contribution in [3.63, 3.8) is 0 Å². The van der Waals surface area contributed by atoms with E-state index in [4.69, 9.17) is 5.26 Å². The van der Waals surface area contributed by atoms with E-state index in [0.717, 1.165) is 0 Å². The Balaban J connectivity index is 2.83. The molecule has 0 radical (unpaired) electrons. The van der Waals surface area contributed by atoms with Crippen LogP contribution in [0.15, 0.2) is 23.2 Å². The van der Waals surface area contributed by atoms with Gasteiger partial charge in [0, 0.05) is 12.2 Å². The van der Waals surface area contributed by atoms with E-state index in [1.807, 2.05) is 0 Å². The first-order valence-electron chi connectivity index (χ1n) is 5.51. The lowest BCUT2D eigenvalue weighted by Crippen LogP contribution is -2.39. The summed E-state index contributed by atoms with van der Waals surface area (Å²) < 4.78 is 26.0. The van der Waals surface area contributed by atoms with E-state index >= 15 is 0 Å². The monoisotopic (exact) mass is 282 g/mol. The molecule has 0 fully saturated rings. The van der Waals surface area contributed by atoms with Gasteiger partial charge in [0.25, 0.3) is 0 Å². The van der Waals surface area contributed by atoms with Crippen molar-refractivity contribution in [2.75, 3.05) is 6.54 Å². The van der Waals surface area contributed by atoms with E-state index in [9.17, 15) is 13.2 Å². The zero-order chi connectivity index (χ0) is 14.5. The van der Waals surface area contributed by atoms with Gasteiger partial charge in [0.2, 0.25) is 15.9 Å². The van der Waals surface area contributed by atoms with E-state index in [0.29, 0.717) is 0 Å². The zero-order valence-electron chi connectivity index (χ0n) is 10.5. The molecule has 1 heterocycles. The van der Waals surface area contributed by atoms with Gasteiger partial charge >= 0.3 is 0 Å². The Morgan fingerprint density at radius 3 is 2.79 bits per heavy atom. The lowest BCUT2D eigenvalue weighted by Gasteiger charge is -2.10. The van der Waals surface area contributed by atoms with Crippen molar-refractivity contribution in [1.82, 2.24) is 15.0 Å². The van der Waals surface area contributed by atoms with Crippen molar-refractivity contribution in [1.29, 1.82) is 5.26 Å². The lowest BCUT2D eigenvalue weighted by molar-refractivity contribution is -0.120. The fourth-order valence-electron chi connectivity index (χ4n) is 1.30. The average Bonchev–Trinajstić information content (AvgIpc) is 2.36. The minimum atomic E-state index is -3.93. The van der Waals surface area contributed by atoms with Crippen molar-refractivity contribution < 1.29 is 13.2 Å². The Bertz CT molecular complexity index is 605. The molecule has 1 rings (SSSR count). The maximum atomic E-state index is 11.9. The van der Waals surface area contributed by atoms with Gasteiger partial charge in [-0.25, -0.2) is 18.1 Å². The minimum absolute atomic E-state index is 0.0786. The molecule has 8 heteroatoms. The summed E-state index contributed by atoms with van der Waals surface area (Å²) in [5.41, 5.74) is -0.209. The quantitative estimate of drug-likeness (QED) is 0.773. The van der Waals surface area contributed by atoms with Gasteiger partial charge in [0.05, 0.1) is 6.54 Å². The third-order valence-electron chi connectivity index (χ3n) is 2.04. The zero-order valence-corrected chi connectivity index (χ0v) is 11.4. The van der Waals surface area contributed by atoms with Crippen LogP contribution in [0.2, 0.25) is 0 Å². The molecule has 1 aromatic heterocycles. The number of pyridine rings is 1. The highest BCUT2D eigenvalue weighted by atomic mass is 32.2. The highest BCUT2D eigenvalue weighted by molar-refractivity contribution is 7.89. The topological polar surface area (TPSA) is 112 Å². The first kappa shape index (κ1) is 15.1. The van der Waals surface area contributed by atoms with Crippen molar-refractivity contribution in [2.24, 2.45) is 0 Å². The molecule has 0 aliphatic rings. The Hall–Kier alpha value is -1.98. The molecule has 0 aromatic carbocycles. The predicted molar refractivity (Wildman–Crippen MR) is 67.4 cm³/mol. The molecule has 0 atom stereocenters. The third kappa shape index (κ3) is 4.31. The Morgan fingerprint density at radius 2 is 2.21 bits per heavy atom. The van der Waals surface area contributed by atoms with E-state index < -0.39 is 15.9 Å². The van der Waals surface area contributed by atoms with Gasteiger partial charge in [-0.1, -0.05) is 0 Å². The molecule has 0 saturated carbocycles. The Labute approximate surface area is 111 Å². The number of nitrogens with one attached hydrogen (secondary N) is 2. The first-order chi connectivity index (χ1) is 8.86. The van der Waals surface area contributed by atoms with Crippen molar-refractivity contribution in [3.05, 3.63) is 24.0 Å². The van der Waals surface area contributed by atoms with Crippen molar-refractivity contribution in [2.45, 2.75) is 24.8 Å². The summed E-state index contributed by atoms with van der Waals surface area (Å²) in [6.45, 7) is 3.14. The number of rotatable bonds is 5. The number of sulfonamides is 1. The maximum absolute atomic E-state index is 11.9. The summed E-state index contributed by atoms with van der Waals surface area (Å²) in [5, 5.41) is 11.3. The molecule has 0 unspecified atom stereocenters. The van der Waals surface area contributed by atoms with Crippen LogP contribution in [-0.2, 0) is 14.8 Å². The van der Waals surface area contributed by atoms with Crippen LogP contribution in [0.4, 0.5) is 0 Å². The number of hydrogen-bond acceptors (Lipinski definition) is 5. The normalized spacial score (nSPS) is 11.1. The largest absolute Gasteiger partial charge is 0.353 e. The van der Waals surface area contributed by atoms with Crippen LogP contribution in [0, 0.1) is 11.3 Å². The lowest BCUT2D eigenvalue weighted by atomic mass is 10.4. The molecular weight excluding hydrogens is 268 g/mol. The van der Waals surface area contributed by atoms with Crippen LogP contribution < -0.4 is 10.0 Å². The third-order valence-corrected chi connectivity index (χ3v) is 3.47. The van der Waals surface area contributed by atoms with Crippen LogP contribution in [-0.4, -0.2) is 31.9 Å². The SMILES string of the molecule is CC(C)NC(=O)CNS(=O)(=O)c1cccnc1C#N. The van der Waals surface area contributed by atoms with Crippen LogP contribution in [0.3, 0.4) is 0 Å². The summed E-state index contributed by atoms with van der Waals surface area (Å²) in [4.78, 5) is 14.8. The Morgan fingerprint density at radius 1 is 1.53 bits per heavy atom. The molecule has 19 heavy (non-hydrogen) atoms. The number of nitriles is 1. The van der Waals surface area contributed by atoms with Crippen molar-refractivity contribution >= 4 is 15.9 Å². The molecule has 7 nitrogen and oxygen atoms in total. The summed E-state index contributed by atoms with van der Waals surface area (Å²) in [6, 6.07) is 4.28. The van der Waals surface area contributed by atoms with Gasteiger partial charge in [-0.05, 0) is 26.0 Å². The second-order valence-corrected chi connectivity index (χ2v) is 5.74. The molecule has 1 amide bonds. The van der Waals surface area contributed by atoms with E-state index in [1.165, 1.54) is 18.3 Å². The van der Waals surface area contributed by atoms with E-state index in [2.05, 4.69) is 15.0 Å². The molecule has 0 saturated heterocycles. The number of amides is 1. The number of carbonyl (C=O) groups is 1. The first-order valence-corrected chi connectivity index (χ1v) is 6.99. The van der Waals surface area contributed by atoms with Gasteiger partial charge < -0.3 is 5.32 Å². The van der Waals surface area contributed by atoms with Crippen LogP contribution in [0.5, 0.6) is 0 Å². The number of hydrogen-bond donors (Lipinski definition) is 2. The van der Waals surface area contributed by atoms with Crippen LogP contribution >= 0.6 is 0 Å². The summed E-state index contributed by atoms with van der Waals surface area (Å²) >= 11 is 0. The highest BCUT2D eigenvalue weighted by Crippen LogP contribution is 2.11. The summed E-state index contributed by atoms with van der Waals surface area (Å²) in [6.07, 6.45) is 1.32. The number of carbonyl (C=O) groups excluding carboxylic acids is 1. The molecule has 0 aliphatic heterocycles. The maximum Gasteiger partial charge on any atom is 0.243 e. The van der Waals surface area contributed by atoms with Gasteiger partial charge in [-0.2, -0.15) is 5.26 Å². The van der Waals surface area contributed by atoms with Gasteiger partial charge in [0.1, 0.15) is 11.0 Å². The fourth-order valence-corrected chi connectivity index (χ4v) is 2.39. The second-order valence-electron chi connectivity index (χ2n) is 4.01. The van der Waals surface area contributed by atoms with Crippen LogP contribution in [0.1, 0.15) is 19.5 Å². The predicted octanol–water partition coefficient (Wildman–Crippen LogP) is -0.244. The van der Waals surface area contributed by atoms with Crippen LogP contribution in [0.25, 0.3) is 0 Å². The average molecular weight is 282 g/mol. The summed E-state index contributed by atoms with van der Waals surface area (Å²) in [7, 11) is -3.93. The van der Waals surface area contributed by atoms with E-state index in [1.54, 1.807) is 19.9 Å². The Kier molecular flexibility index (Phi) is 4.97. The van der Waals surface area contributed by atoms with Crippen molar-refractivity contribution in [3.8, 4) is 6.07 Å². The number of aromatic nitrogens is 1. The van der Waals surface area contributed by atoms with E-state index in [-0.39, 0.29) is 23.2 Å². The molecule has 0 spiro atoms.